The second-order valence-electron chi connectivity index (χ2n) is 4.15. The van der Waals surface area contributed by atoms with E-state index in [1.807, 2.05) is 0 Å². The summed E-state index contributed by atoms with van der Waals surface area (Å²) in [7, 11) is 0.639. The molecule has 0 aromatic heterocycles. The van der Waals surface area contributed by atoms with Crippen LogP contribution in [0.1, 0.15) is 27.7 Å². The third kappa shape index (κ3) is 10.3. The van der Waals surface area contributed by atoms with Crippen molar-refractivity contribution in [3.8, 4) is 0 Å². The van der Waals surface area contributed by atoms with Crippen LogP contribution < -0.4 is 0 Å². The molecule has 0 rings (SSSR count). The first kappa shape index (κ1) is 21.1. The zero-order valence-corrected chi connectivity index (χ0v) is 15.5. The van der Waals surface area contributed by atoms with E-state index in [1.54, 1.807) is 0 Å². The highest BCUT2D eigenvalue weighted by molar-refractivity contribution is 8.93. The van der Waals surface area contributed by atoms with Crippen molar-refractivity contribution in [2.24, 2.45) is 0 Å². The summed E-state index contributed by atoms with van der Waals surface area (Å²) in [5, 5.41) is 0. The Kier molecular flexibility index (Phi) is 17.1. The lowest BCUT2D eigenvalue weighted by atomic mass is 10.6. The summed E-state index contributed by atoms with van der Waals surface area (Å²) in [6, 6.07) is 0. The summed E-state index contributed by atoms with van der Waals surface area (Å²) in [4.78, 5) is 0. The number of hydrogen-bond acceptors (Lipinski definition) is 0. The van der Waals surface area contributed by atoms with Gasteiger partial charge in [0.05, 0.1) is 0 Å². The third-order valence-electron chi connectivity index (χ3n) is 2.57. The molecule has 4 heteroatoms. The first-order valence-corrected chi connectivity index (χ1v) is 8.94. The van der Waals surface area contributed by atoms with Crippen molar-refractivity contribution in [2.45, 2.75) is 39.0 Å². The lowest BCUT2D eigenvalue weighted by Gasteiger charge is -2.21. The first-order valence-electron chi connectivity index (χ1n) is 4.85. The van der Waals surface area contributed by atoms with Crippen molar-refractivity contribution in [3.63, 3.8) is 0 Å². The molecular weight excluding hydrogens is 342 g/mol. The Labute approximate surface area is 114 Å². The van der Waals surface area contributed by atoms with E-state index >= 15 is 0 Å². The molecule has 0 saturated heterocycles. The fourth-order valence-electron chi connectivity index (χ4n) is 0.832. The monoisotopic (exact) mass is 366 g/mol. The SMILES string of the molecule is Br.Br.CC(C)P(C)CCP(C)C(C)C. The fraction of sp³-hybridized carbons (Fsp3) is 1.00. The van der Waals surface area contributed by atoms with Gasteiger partial charge < -0.3 is 0 Å². The average Bonchev–Trinajstić information content (AvgIpc) is 1.98. The van der Waals surface area contributed by atoms with E-state index in [1.165, 1.54) is 12.3 Å². The normalized spacial score (nSPS) is 14.6. The van der Waals surface area contributed by atoms with Gasteiger partial charge in [-0.15, -0.1) is 49.8 Å². The highest BCUT2D eigenvalue weighted by atomic mass is 79.9. The van der Waals surface area contributed by atoms with Crippen molar-refractivity contribution in [1.82, 2.24) is 0 Å². The van der Waals surface area contributed by atoms with Crippen molar-refractivity contribution in [3.05, 3.63) is 0 Å². The molecule has 0 aliphatic carbocycles. The Morgan fingerprint density at radius 1 is 0.714 bits per heavy atom. The molecule has 0 aliphatic heterocycles. The standard InChI is InChI=1S/C10H24P2.2BrH/c1-9(2)11(5)7-8-12(6)10(3)4;;/h9-10H,7-8H2,1-6H3;2*1H. The van der Waals surface area contributed by atoms with Crippen LogP contribution in [0.2, 0.25) is 0 Å². The smallest absolute Gasteiger partial charge is 0.0268 e. The molecule has 0 N–H and O–H groups in total. The quantitative estimate of drug-likeness (QED) is 0.587. The Hall–Kier alpha value is 1.82. The van der Waals surface area contributed by atoms with Crippen LogP contribution in [0.15, 0.2) is 0 Å². The van der Waals surface area contributed by atoms with E-state index in [9.17, 15) is 0 Å². The van der Waals surface area contributed by atoms with Crippen molar-refractivity contribution >= 4 is 49.8 Å². The third-order valence-corrected chi connectivity index (χ3v) is 8.31. The molecule has 0 nitrogen and oxygen atoms in total. The van der Waals surface area contributed by atoms with Crippen LogP contribution in [0.25, 0.3) is 0 Å². The second-order valence-corrected chi connectivity index (χ2v) is 10.1. The van der Waals surface area contributed by atoms with Gasteiger partial charge in [0.25, 0.3) is 0 Å². The molecule has 14 heavy (non-hydrogen) atoms. The molecule has 0 aromatic carbocycles. The van der Waals surface area contributed by atoms with Crippen molar-refractivity contribution < 1.29 is 0 Å². The zero-order valence-electron chi connectivity index (χ0n) is 10.3. The minimum absolute atomic E-state index is 0. The van der Waals surface area contributed by atoms with Gasteiger partial charge in [0, 0.05) is 0 Å². The van der Waals surface area contributed by atoms with Crippen LogP contribution >= 0.6 is 49.8 Å². The molecule has 2 unspecified atom stereocenters. The van der Waals surface area contributed by atoms with E-state index in [2.05, 4.69) is 41.0 Å². The van der Waals surface area contributed by atoms with Gasteiger partial charge in [-0.3, -0.25) is 0 Å². The molecule has 0 aromatic rings. The maximum Gasteiger partial charge on any atom is -0.0268 e. The summed E-state index contributed by atoms with van der Waals surface area (Å²) in [6.45, 7) is 14.3. The van der Waals surface area contributed by atoms with Crippen LogP contribution in [0.5, 0.6) is 0 Å². The number of rotatable bonds is 5. The van der Waals surface area contributed by atoms with Crippen molar-refractivity contribution in [1.29, 1.82) is 0 Å². The predicted octanol–water partition coefficient (Wildman–Crippen LogP) is 5.18. The van der Waals surface area contributed by atoms with Crippen LogP contribution in [0, 0.1) is 0 Å². The molecular formula is C10H26Br2P2. The lowest BCUT2D eigenvalue weighted by molar-refractivity contribution is 1.07. The Balaban J connectivity index is -0.000000605. The average molecular weight is 368 g/mol. The van der Waals surface area contributed by atoms with Gasteiger partial charge in [-0.25, -0.2) is 0 Å². The predicted molar refractivity (Wildman–Crippen MR) is 86.3 cm³/mol. The van der Waals surface area contributed by atoms with Gasteiger partial charge in [0.15, 0.2) is 0 Å². The van der Waals surface area contributed by atoms with Gasteiger partial charge in [-0.05, 0) is 37.0 Å². The van der Waals surface area contributed by atoms with Crippen LogP contribution in [0.3, 0.4) is 0 Å². The zero-order chi connectivity index (χ0) is 9.72. The van der Waals surface area contributed by atoms with Gasteiger partial charge >= 0.3 is 0 Å². The molecule has 0 spiro atoms. The van der Waals surface area contributed by atoms with Gasteiger partial charge in [0.1, 0.15) is 0 Å². The lowest BCUT2D eigenvalue weighted by Crippen LogP contribution is -2.02. The Morgan fingerprint density at radius 2 is 0.929 bits per heavy atom. The molecule has 0 heterocycles. The minimum Gasteiger partial charge on any atom is -0.114 e. The molecule has 0 aliphatic rings. The summed E-state index contributed by atoms with van der Waals surface area (Å²) >= 11 is 0. The van der Waals surface area contributed by atoms with Crippen LogP contribution in [-0.2, 0) is 0 Å². The highest BCUT2D eigenvalue weighted by Gasteiger charge is 2.10. The van der Waals surface area contributed by atoms with Gasteiger partial charge in [-0.2, -0.15) is 0 Å². The van der Waals surface area contributed by atoms with Crippen LogP contribution in [-0.4, -0.2) is 37.0 Å². The summed E-state index contributed by atoms with van der Waals surface area (Å²) < 4.78 is 0. The summed E-state index contributed by atoms with van der Waals surface area (Å²) in [5.41, 5.74) is 1.85. The minimum atomic E-state index is 0. The maximum absolute atomic E-state index is 2.45. The Morgan fingerprint density at radius 3 is 1.07 bits per heavy atom. The molecule has 0 amide bonds. The maximum atomic E-state index is 2.45. The van der Waals surface area contributed by atoms with E-state index < -0.39 is 0 Å². The van der Waals surface area contributed by atoms with E-state index in [-0.39, 0.29) is 34.0 Å². The largest absolute Gasteiger partial charge is 0.114 e. The summed E-state index contributed by atoms with van der Waals surface area (Å²) in [6.07, 6.45) is 2.99. The Bertz CT molecular complexity index is 105. The second kappa shape index (κ2) is 11.3. The van der Waals surface area contributed by atoms with E-state index in [0.29, 0.717) is 15.8 Å². The number of halogens is 2. The first-order chi connectivity index (χ1) is 5.45. The van der Waals surface area contributed by atoms with Crippen LogP contribution in [0.4, 0.5) is 0 Å². The number of hydrogen-bond donors (Lipinski definition) is 0. The van der Waals surface area contributed by atoms with Crippen molar-refractivity contribution in [2.75, 3.05) is 25.7 Å². The molecule has 0 radical (unpaired) electrons. The molecule has 90 valence electrons. The highest BCUT2D eigenvalue weighted by Crippen LogP contribution is 2.43. The topological polar surface area (TPSA) is 0 Å². The molecule has 2 atom stereocenters. The van der Waals surface area contributed by atoms with Gasteiger partial charge in [-0.1, -0.05) is 27.7 Å². The van der Waals surface area contributed by atoms with E-state index in [0.717, 1.165) is 11.3 Å². The van der Waals surface area contributed by atoms with Gasteiger partial charge in [0.2, 0.25) is 0 Å². The fourth-order valence-corrected chi connectivity index (χ4v) is 4.39. The molecule has 0 bridgehead atoms. The molecule has 0 fully saturated rings. The molecule has 0 saturated carbocycles. The summed E-state index contributed by atoms with van der Waals surface area (Å²) in [5.74, 6) is 0. The van der Waals surface area contributed by atoms with E-state index in [4.69, 9.17) is 0 Å².